The predicted molar refractivity (Wildman–Crippen MR) is 91.1 cm³/mol. The van der Waals surface area contributed by atoms with E-state index in [0.717, 1.165) is 7.11 Å². The Bertz CT molecular complexity index is 861. The van der Waals surface area contributed by atoms with Crippen LogP contribution in [0.4, 0.5) is 19.0 Å². The van der Waals surface area contributed by atoms with Crippen molar-refractivity contribution >= 4 is 29.3 Å². The number of hydrogen-bond acceptors (Lipinski definition) is 4. The van der Waals surface area contributed by atoms with Gasteiger partial charge in [-0.1, -0.05) is 17.7 Å². The van der Waals surface area contributed by atoms with Crippen LogP contribution in [0.1, 0.15) is 15.9 Å². The van der Waals surface area contributed by atoms with Gasteiger partial charge in [-0.2, -0.15) is 13.2 Å². The molecule has 1 aromatic heterocycles. The van der Waals surface area contributed by atoms with E-state index in [1.54, 1.807) is 18.3 Å². The molecule has 2 aromatic rings. The first-order chi connectivity index (χ1) is 12.6. The van der Waals surface area contributed by atoms with Gasteiger partial charge in [0.2, 0.25) is 0 Å². The van der Waals surface area contributed by atoms with Crippen LogP contribution in [0, 0.1) is 6.92 Å². The summed E-state index contributed by atoms with van der Waals surface area (Å²) in [6.45, 7) is 1.65. The molecule has 1 heterocycles. The molecule has 0 fully saturated rings. The summed E-state index contributed by atoms with van der Waals surface area (Å²) in [4.78, 5) is 27.1. The molecule has 1 atom stereocenters. The molecule has 27 heavy (non-hydrogen) atoms. The summed E-state index contributed by atoms with van der Waals surface area (Å²) in [6.07, 6.45) is -3.85. The number of halogens is 4. The number of amides is 1. The van der Waals surface area contributed by atoms with Crippen LogP contribution in [0.25, 0.3) is 0 Å². The molecule has 0 spiro atoms. The molecule has 0 saturated carbocycles. The van der Waals surface area contributed by atoms with Gasteiger partial charge in [0, 0.05) is 16.7 Å². The lowest BCUT2D eigenvalue weighted by Crippen LogP contribution is -2.69. The molecule has 2 rings (SSSR count). The Morgan fingerprint density at radius 1 is 1.19 bits per heavy atom. The summed E-state index contributed by atoms with van der Waals surface area (Å²) in [5.41, 5.74) is -3.06. The van der Waals surface area contributed by atoms with Gasteiger partial charge in [0.15, 0.2) is 0 Å². The van der Waals surface area contributed by atoms with E-state index in [1.807, 2.05) is 5.32 Å². The van der Waals surface area contributed by atoms with Crippen LogP contribution in [0.2, 0.25) is 5.02 Å². The maximum atomic E-state index is 13.9. The predicted octanol–water partition coefficient (Wildman–Crippen LogP) is 2.74. The monoisotopic (exact) mass is 402 g/mol. The zero-order valence-electron chi connectivity index (χ0n) is 14.3. The quantitative estimate of drug-likeness (QED) is 0.595. The van der Waals surface area contributed by atoms with Crippen molar-refractivity contribution in [2.45, 2.75) is 18.8 Å². The number of ether oxygens (including phenoxy) is 1. The Labute approximate surface area is 157 Å². The van der Waals surface area contributed by atoms with E-state index >= 15 is 0 Å². The number of aromatic amines is 1. The lowest BCUT2D eigenvalue weighted by atomic mass is 10.1. The van der Waals surface area contributed by atoms with Crippen LogP contribution in [0.5, 0.6) is 0 Å². The second-order valence-electron chi connectivity index (χ2n) is 5.61. The number of anilines is 1. The van der Waals surface area contributed by atoms with Gasteiger partial charge in [-0.3, -0.25) is 10.1 Å². The molecule has 3 N–H and O–H groups in total. The molecule has 0 aliphatic carbocycles. The molecule has 1 amide bonds. The number of carbonyl (C=O) groups excluding carboxylic acids is 2. The third-order valence-corrected chi connectivity index (χ3v) is 3.82. The standard InChI is InChI=1S/C17H15ClF3N3O3/c1-10-6-7-22-13(8-10)23-16(15(26)27-2,17(19,20)21)24-14(25)11-4-3-5-12(18)9-11/h3-9H,1-2H3,(H,22,23)(H,24,25)/p+1/t16-/m1/s1. The fraction of sp³-hybridized carbons (Fsp3) is 0.235. The fourth-order valence-corrected chi connectivity index (χ4v) is 2.46. The molecule has 0 unspecified atom stereocenters. The fourth-order valence-electron chi connectivity index (χ4n) is 2.27. The average molecular weight is 403 g/mol. The third-order valence-electron chi connectivity index (χ3n) is 3.58. The van der Waals surface area contributed by atoms with Crippen molar-refractivity contribution in [2.24, 2.45) is 0 Å². The van der Waals surface area contributed by atoms with Gasteiger partial charge in [0.25, 0.3) is 11.7 Å². The maximum Gasteiger partial charge on any atom is 0.464 e. The molecular formula is C17H16ClF3N3O3+. The molecule has 10 heteroatoms. The lowest BCUT2D eigenvalue weighted by Gasteiger charge is -2.30. The van der Waals surface area contributed by atoms with Crippen LogP contribution < -0.4 is 15.6 Å². The van der Waals surface area contributed by atoms with E-state index in [4.69, 9.17) is 11.6 Å². The van der Waals surface area contributed by atoms with Crippen LogP contribution in [-0.2, 0) is 9.53 Å². The number of rotatable bonds is 5. The van der Waals surface area contributed by atoms with E-state index in [2.05, 4.69) is 9.72 Å². The highest BCUT2D eigenvalue weighted by Crippen LogP contribution is 2.32. The molecule has 0 bridgehead atoms. The molecule has 0 saturated heterocycles. The van der Waals surface area contributed by atoms with Gasteiger partial charge in [0.05, 0.1) is 13.3 Å². The normalized spacial score (nSPS) is 13.4. The summed E-state index contributed by atoms with van der Waals surface area (Å²) in [6, 6.07) is 8.24. The lowest BCUT2D eigenvalue weighted by molar-refractivity contribution is -0.363. The van der Waals surface area contributed by atoms with Crippen molar-refractivity contribution in [3.8, 4) is 0 Å². The molecular weight excluding hydrogens is 387 g/mol. The highest BCUT2D eigenvalue weighted by Gasteiger charge is 2.67. The first-order valence-electron chi connectivity index (χ1n) is 7.59. The summed E-state index contributed by atoms with van der Waals surface area (Å²) in [5.74, 6) is -3.05. The van der Waals surface area contributed by atoms with Gasteiger partial charge in [-0.05, 0) is 36.8 Å². The van der Waals surface area contributed by atoms with Crippen molar-refractivity contribution in [3.63, 3.8) is 0 Å². The van der Waals surface area contributed by atoms with Crippen LogP contribution in [0.15, 0.2) is 42.6 Å². The number of hydrogen-bond donors (Lipinski definition) is 2. The summed E-state index contributed by atoms with van der Waals surface area (Å²) in [7, 11) is 0.788. The Hall–Kier alpha value is -2.81. The molecule has 1 aromatic carbocycles. The minimum Gasteiger partial charge on any atom is -0.464 e. The largest absolute Gasteiger partial charge is 0.464 e. The Kier molecular flexibility index (Phi) is 5.94. The number of carbonyl (C=O) groups is 2. The van der Waals surface area contributed by atoms with E-state index < -0.39 is 23.7 Å². The topological polar surface area (TPSA) is 81.6 Å². The number of nitrogens with one attached hydrogen (secondary N) is 3. The minimum atomic E-state index is -5.23. The highest BCUT2D eigenvalue weighted by atomic mass is 35.5. The number of methoxy groups -OCH3 is 1. The SMILES string of the molecule is COC(=O)[C@](NC(=O)c1cccc(Cl)c1)(Nc1cc(C)cc[nH+]1)C(F)(F)F. The van der Waals surface area contributed by atoms with E-state index in [9.17, 15) is 22.8 Å². The van der Waals surface area contributed by atoms with Crippen molar-refractivity contribution in [1.29, 1.82) is 0 Å². The van der Waals surface area contributed by atoms with Crippen molar-refractivity contribution in [3.05, 3.63) is 58.7 Å². The van der Waals surface area contributed by atoms with Crippen molar-refractivity contribution < 1.29 is 32.5 Å². The zero-order chi connectivity index (χ0) is 20.2. The number of aryl methyl sites for hydroxylation is 1. The Morgan fingerprint density at radius 2 is 1.89 bits per heavy atom. The van der Waals surface area contributed by atoms with Gasteiger partial charge >= 0.3 is 17.8 Å². The maximum absolute atomic E-state index is 13.9. The minimum absolute atomic E-state index is 0.149. The molecule has 0 radical (unpaired) electrons. The number of esters is 1. The average Bonchev–Trinajstić information content (AvgIpc) is 2.59. The van der Waals surface area contributed by atoms with Crippen LogP contribution in [0.3, 0.4) is 0 Å². The van der Waals surface area contributed by atoms with Gasteiger partial charge in [-0.15, -0.1) is 0 Å². The number of aromatic nitrogens is 1. The molecule has 144 valence electrons. The van der Waals surface area contributed by atoms with Gasteiger partial charge < -0.3 is 4.74 Å². The Balaban J connectivity index is 2.50. The molecule has 0 aliphatic rings. The molecule has 6 nitrogen and oxygen atoms in total. The van der Waals surface area contributed by atoms with Gasteiger partial charge in [0.1, 0.15) is 0 Å². The first-order valence-corrected chi connectivity index (χ1v) is 7.96. The summed E-state index contributed by atoms with van der Waals surface area (Å²) >= 11 is 5.77. The zero-order valence-corrected chi connectivity index (χ0v) is 15.0. The van der Waals surface area contributed by atoms with Gasteiger partial charge in [-0.25, -0.2) is 15.1 Å². The first kappa shape index (κ1) is 20.5. The van der Waals surface area contributed by atoms with E-state index in [1.165, 1.54) is 36.5 Å². The number of H-pyrrole nitrogens is 1. The summed E-state index contributed by atoms with van der Waals surface area (Å²) < 4.78 is 46.1. The second kappa shape index (κ2) is 7.83. The third kappa shape index (κ3) is 4.48. The van der Waals surface area contributed by atoms with E-state index in [-0.39, 0.29) is 16.4 Å². The second-order valence-corrected chi connectivity index (χ2v) is 6.04. The Morgan fingerprint density at radius 3 is 2.44 bits per heavy atom. The number of benzene rings is 1. The summed E-state index contributed by atoms with van der Waals surface area (Å²) in [5, 5.41) is 3.87. The van der Waals surface area contributed by atoms with Crippen molar-refractivity contribution in [1.82, 2.24) is 5.32 Å². The van der Waals surface area contributed by atoms with E-state index in [0.29, 0.717) is 5.56 Å². The molecule has 0 aliphatic heterocycles. The number of alkyl halides is 3. The van der Waals surface area contributed by atoms with Crippen LogP contribution >= 0.6 is 11.6 Å². The smallest absolute Gasteiger partial charge is 0.464 e. The van der Waals surface area contributed by atoms with Crippen LogP contribution in [-0.4, -0.2) is 30.8 Å². The number of pyridine rings is 1. The highest BCUT2D eigenvalue weighted by molar-refractivity contribution is 6.31. The van der Waals surface area contributed by atoms with Crippen molar-refractivity contribution in [2.75, 3.05) is 12.4 Å².